The fourth-order valence-corrected chi connectivity index (χ4v) is 5.35. The molecule has 1 amide bonds. The summed E-state index contributed by atoms with van der Waals surface area (Å²) in [6.07, 6.45) is 0. The summed E-state index contributed by atoms with van der Waals surface area (Å²) >= 11 is 0. The monoisotopic (exact) mass is 483 g/mol. The molecule has 3 aromatic rings. The number of ether oxygens (including phenoxy) is 1. The third-order valence-corrected chi connectivity index (χ3v) is 7.65. The number of nitrogens with zero attached hydrogens (tertiary/aromatic N) is 2. The molecule has 0 spiro atoms. The van der Waals surface area contributed by atoms with Crippen LogP contribution >= 0.6 is 0 Å². The van der Waals surface area contributed by atoms with E-state index in [1.165, 1.54) is 53.4 Å². The van der Waals surface area contributed by atoms with E-state index >= 15 is 0 Å². The SMILES string of the molecule is COc1ccc(S(=O)(=O)N2CCN(Cc3ccccc3)CC2)cc1NC(=O)c1ccccc1F. The number of piperazine rings is 1. The molecule has 1 aliphatic rings. The Labute approximate surface area is 198 Å². The van der Waals surface area contributed by atoms with E-state index in [4.69, 9.17) is 4.74 Å². The Bertz CT molecular complexity index is 1260. The fourth-order valence-electron chi connectivity index (χ4n) is 3.90. The van der Waals surface area contributed by atoms with Gasteiger partial charge in [-0.1, -0.05) is 42.5 Å². The molecule has 0 aliphatic carbocycles. The number of carbonyl (C=O) groups is 1. The Morgan fingerprint density at radius 1 is 0.971 bits per heavy atom. The first kappa shape index (κ1) is 23.9. The van der Waals surface area contributed by atoms with Gasteiger partial charge in [-0.2, -0.15) is 4.31 Å². The van der Waals surface area contributed by atoms with Crippen LogP contribution in [0.4, 0.5) is 10.1 Å². The van der Waals surface area contributed by atoms with Crippen LogP contribution in [0.3, 0.4) is 0 Å². The predicted octanol–water partition coefficient (Wildman–Crippen LogP) is 3.59. The Morgan fingerprint density at radius 2 is 1.65 bits per heavy atom. The van der Waals surface area contributed by atoms with E-state index in [9.17, 15) is 17.6 Å². The van der Waals surface area contributed by atoms with Gasteiger partial charge >= 0.3 is 0 Å². The zero-order chi connectivity index (χ0) is 24.1. The van der Waals surface area contributed by atoms with Gasteiger partial charge in [-0.3, -0.25) is 9.69 Å². The van der Waals surface area contributed by atoms with Crippen LogP contribution in [0.15, 0.2) is 77.7 Å². The first-order valence-corrected chi connectivity index (χ1v) is 12.3. The highest BCUT2D eigenvalue weighted by Crippen LogP contribution is 2.30. The largest absolute Gasteiger partial charge is 0.495 e. The van der Waals surface area contributed by atoms with Gasteiger partial charge in [-0.25, -0.2) is 12.8 Å². The topological polar surface area (TPSA) is 79.0 Å². The van der Waals surface area contributed by atoms with Crippen LogP contribution in [0.5, 0.6) is 5.75 Å². The first-order chi connectivity index (χ1) is 16.4. The smallest absolute Gasteiger partial charge is 0.258 e. The number of sulfonamides is 1. The normalized spacial score (nSPS) is 15.1. The molecule has 9 heteroatoms. The number of amides is 1. The van der Waals surface area contributed by atoms with E-state index in [1.807, 2.05) is 18.2 Å². The minimum absolute atomic E-state index is 0.0358. The van der Waals surface area contributed by atoms with Crippen LogP contribution in [-0.2, 0) is 16.6 Å². The van der Waals surface area contributed by atoms with E-state index in [-0.39, 0.29) is 21.9 Å². The zero-order valence-corrected chi connectivity index (χ0v) is 19.6. The third kappa shape index (κ3) is 5.27. The summed E-state index contributed by atoms with van der Waals surface area (Å²) in [6.45, 7) is 2.71. The lowest BCUT2D eigenvalue weighted by molar-refractivity contribution is 0.102. The first-order valence-electron chi connectivity index (χ1n) is 10.9. The van der Waals surface area contributed by atoms with E-state index in [0.717, 1.165) is 6.54 Å². The molecule has 0 atom stereocenters. The molecule has 1 aliphatic heterocycles. The number of carbonyl (C=O) groups excluding carboxylic acids is 1. The van der Waals surface area contributed by atoms with Crippen molar-refractivity contribution in [2.45, 2.75) is 11.4 Å². The molecule has 34 heavy (non-hydrogen) atoms. The van der Waals surface area contributed by atoms with Crippen molar-refractivity contribution >= 4 is 21.6 Å². The molecular formula is C25H26FN3O4S. The number of halogens is 1. The molecule has 178 valence electrons. The van der Waals surface area contributed by atoms with Gasteiger partial charge in [-0.15, -0.1) is 0 Å². The maximum absolute atomic E-state index is 14.0. The van der Waals surface area contributed by atoms with Crippen molar-refractivity contribution in [1.29, 1.82) is 0 Å². The average molecular weight is 484 g/mol. The third-order valence-electron chi connectivity index (χ3n) is 5.76. The lowest BCUT2D eigenvalue weighted by Crippen LogP contribution is -2.48. The van der Waals surface area contributed by atoms with Gasteiger partial charge in [-0.05, 0) is 35.9 Å². The van der Waals surface area contributed by atoms with Crippen molar-refractivity contribution in [3.05, 3.63) is 89.7 Å². The molecule has 4 rings (SSSR count). The van der Waals surface area contributed by atoms with Crippen LogP contribution in [-0.4, -0.2) is 56.8 Å². The Hall–Kier alpha value is -3.27. The molecule has 3 aromatic carbocycles. The van der Waals surface area contributed by atoms with Crippen LogP contribution < -0.4 is 10.1 Å². The van der Waals surface area contributed by atoms with Gasteiger partial charge in [0.15, 0.2) is 0 Å². The number of nitrogens with one attached hydrogen (secondary N) is 1. The van der Waals surface area contributed by atoms with Crippen molar-refractivity contribution in [3.8, 4) is 5.75 Å². The van der Waals surface area contributed by atoms with Gasteiger partial charge in [0.05, 0.1) is 23.3 Å². The van der Waals surface area contributed by atoms with Gasteiger partial charge in [0, 0.05) is 32.7 Å². The lowest BCUT2D eigenvalue weighted by Gasteiger charge is -2.34. The molecule has 1 saturated heterocycles. The van der Waals surface area contributed by atoms with Crippen molar-refractivity contribution in [1.82, 2.24) is 9.21 Å². The van der Waals surface area contributed by atoms with E-state index in [0.29, 0.717) is 26.2 Å². The summed E-state index contributed by atoms with van der Waals surface area (Å²) in [5.41, 5.74) is 1.19. The van der Waals surface area contributed by atoms with Crippen molar-refractivity contribution in [2.24, 2.45) is 0 Å². The highest BCUT2D eigenvalue weighted by molar-refractivity contribution is 7.89. The standard InChI is InChI=1S/C25H26FN3O4S/c1-33-24-12-11-20(17-23(24)27-25(30)21-9-5-6-10-22(21)26)34(31,32)29-15-13-28(14-16-29)18-19-7-3-2-4-8-19/h2-12,17H,13-16,18H2,1H3,(H,27,30). The number of hydrogen-bond donors (Lipinski definition) is 1. The van der Waals surface area contributed by atoms with Gasteiger partial charge in [0.2, 0.25) is 10.0 Å². The zero-order valence-electron chi connectivity index (χ0n) is 18.8. The quantitative estimate of drug-likeness (QED) is 0.556. The van der Waals surface area contributed by atoms with E-state index in [2.05, 4.69) is 22.3 Å². The summed E-state index contributed by atoms with van der Waals surface area (Å²) in [4.78, 5) is 14.8. The molecule has 1 fully saturated rings. The highest BCUT2D eigenvalue weighted by Gasteiger charge is 2.29. The number of rotatable bonds is 7. The Morgan fingerprint density at radius 3 is 2.32 bits per heavy atom. The summed E-state index contributed by atoms with van der Waals surface area (Å²) in [5.74, 6) is -1.09. The molecule has 0 unspecified atom stereocenters. The molecule has 7 nitrogen and oxygen atoms in total. The second-order valence-electron chi connectivity index (χ2n) is 7.96. The minimum Gasteiger partial charge on any atom is -0.495 e. The van der Waals surface area contributed by atoms with Gasteiger partial charge in [0.25, 0.3) is 5.91 Å². The number of hydrogen-bond acceptors (Lipinski definition) is 5. The van der Waals surface area contributed by atoms with Crippen LogP contribution in [0, 0.1) is 5.82 Å². The number of benzene rings is 3. The summed E-state index contributed by atoms with van der Waals surface area (Å²) in [5, 5.41) is 2.57. The molecule has 0 aromatic heterocycles. The Balaban J connectivity index is 1.49. The van der Waals surface area contributed by atoms with E-state index < -0.39 is 21.7 Å². The number of methoxy groups -OCH3 is 1. The van der Waals surface area contributed by atoms with Crippen LogP contribution in [0.25, 0.3) is 0 Å². The molecule has 1 heterocycles. The maximum Gasteiger partial charge on any atom is 0.258 e. The molecular weight excluding hydrogens is 457 g/mol. The lowest BCUT2D eigenvalue weighted by atomic mass is 10.2. The summed E-state index contributed by atoms with van der Waals surface area (Å²) < 4.78 is 47.3. The van der Waals surface area contributed by atoms with E-state index in [1.54, 1.807) is 6.07 Å². The van der Waals surface area contributed by atoms with Crippen LogP contribution in [0.2, 0.25) is 0 Å². The van der Waals surface area contributed by atoms with Crippen molar-refractivity contribution in [3.63, 3.8) is 0 Å². The van der Waals surface area contributed by atoms with Crippen molar-refractivity contribution in [2.75, 3.05) is 38.6 Å². The second kappa shape index (κ2) is 10.3. The maximum atomic E-state index is 14.0. The highest BCUT2D eigenvalue weighted by atomic mass is 32.2. The second-order valence-corrected chi connectivity index (χ2v) is 9.90. The molecule has 0 bridgehead atoms. The molecule has 1 N–H and O–H groups in total. The fraction of sp³-hybridized carbons (Fsp3) is 0.240. The van der Waals surface area contributed by atoms with Gasteiger partial charge in [0.1, 0.15) is 11.6 Å². The van der Waals surface area contributed by atoms with Crippen LogP contribution in [0.1, 0.15) is 15.9 Å². The average Bonchev–Trinajstić information content (AvgIpc) is 2.85. The van der Waals surface area contributed by atoms with Crippen molar-refractivity contribution < 1.29 is 22.3 Å². The van der Waals surface area contributed by atoms with Gasteiger partial charge < -0.3 is 10.1 Å². The molecule has 0 saturated carbocycles. The molecule has 0 radical (unpaired) electrons. The minimum atomic E-state index is -3.79. The number of anilines is 1. The Kier molecular flexibility index (Phi) is 7.26. The summed E-state index contributed by atoms with van der Waals surface area (Å²) in [6, 6.07) is 19.9. The summed E-state index contributed by atoms with van der Waals surface area (Å²) in [7, 11) is -2.38. The predicted molar refractivity (Wildman–Crippen MR) is 128 cm³/mol.